The molecular formula is C15H18N5+. The maximum absolute atomic E-state index is 8.82. The fraction of sp³-hybridized carbons (Fsp3) is 0.400. The fourth-order valence-corrected chi connectivity index (χ4v) is 2.12. The van der Waals surface area contributed by atoms with Crippen molar-refractivity contribution >= 4 is 0 Å². The van der Waals surface area contributed by atoms with Gasteiger partial charge in [-0.05, 0) is 31.4 Å². The fourth-order valence-electron chi connectivity index (χ4n) is 2.12. The van der Waals surface area contributed by atoms with E-state index in [2.05, 4.69) is 28.1 Å². The molecule has 5 heteroatoms. The van der Waals surface area contributed by atoms with Crippen LogP contribution in [0.2, 0.25) is 0 Å². The van der Waals surface area contributed by atoms with Crippen molar-refractivity contribution in [3.63, 3.8) is 0 Å². The van der Waals surface area contributed by atoms with Crippen LogP contribution in [0.1, 0.15) is 41.2 Å². The van der Waals surface area contributed by atoms with Gasteiger partial charge < -0.3 is 0 Å². The molecule has 0 spiro atoms. The number of hydrogen-bond donors (Lipinski definition) is 0. The van der Waals surface area contributed by atoms with Gasteiger partial charge in [-0.2, -0.15) is 5.26 Å². The predicted molar refractivity (Wildman–Crippen MR) is 73.8 cm³/mol. The normalized spacial score (nSPS) is 11.9. The van der Waals surface area contributed by atoms with E-state index >= 15 is 0 Å². The first-order valence-electron chi connectivity index (χ1n) is 6.59. The maximum atomic E-state index is 8.82. The van der Waals surface area contributed by atoms with Crippen molar-refractivity contribution in [3.05, 3.63) is 46.8 Å². The van der Waals surface area contributed by atoms with E-state index in [4.69, 9.17) is 5.26 Å². The lowest BCUT2D eigenvalue weighted by Crippen LogP contribution is -2.40. The van der Waals surface area contributed by atoms with Gasteiger partial charge in [0, 0.05) is 6.07 Å². The monoisotopic (exact) mass is 268 g/mol. The first-order chi connectivity index (χ1) is 9.51. The van der Waals surface area contributed by atoms with E-state index in [1.807, 2.05) is 37.7 Å². The topological polar surface area (TPSA) is 66.3 Å². The third-order valence-electron chi connectivity index (χ3n) is 3.37. The molecule has 2 aromatic heterocycles. The van der Waals surface area contributed by atoms with Crippen molar-refractivity contribution < 1.29 is 4.68 Å². The number of aromatic nitrogens is 4. The summed E-state index contributed by atoms with van der Waals surface area (Å²) in [5, 5.41) is 13.3. The van der Waals surface area contributed by atoms with Gasteiger partial charge in [0.05, 0.1) is 23.5 Å². The number of aryl methyl sites for hydroxylation is 3. The average molecular weight is 268 g/mol. The van der Waals surface area contributed by atoms with Gasteiger partial charge in [0.1, 0.15) is 11.8 Å². The van der Waals surface area contributed by atoms with Crippen LogP contribution >= 0.6 is 0 Å². The summed E-state index contributed by atoms with van der Waals surface area (Å²) in [7, 11) is 0. The summed E-state index contributed by atoms with van der Waals surface area (Å²) >= 11 is 0. The van der Waals surface area contributed by atoms with Gasteiger partial charge in [-0.1, -0.05) is 11.6 Å². The Morgan fingerprint density at radius 1 is 1.30 bits per heavy atom. The molecule has 0 saturated carbocycles. The standard InChI is InChI=1S/C15H18N5/c1-10-5-6-20(19-12(10)3)9-11(2)15-13(4)18-14(7-16)8-17-15/h5-6,8,11H,9H2,1-4H3/q+1. The molecular weight excluding hydrogens is 250 g/mol. The van der Waals surface area contributed by atoms with Crippen molar-refractivity contribution in [1.29, 1.82) is 5.26 Å². The summed E-state index contributed by atoms with van der Waals surface area (Å²) in [4.78, 5) is 8.59. The average Bonchev–Trinajstić information content (AvgIpc) is 2.42. The molecule has 5 nitrogen and oxygen atoms in total. The molecule has 0 radical (unpaired) electrons. The van der Waals surface area contributed by atoms with Crippen LogP contribution < -0.4 is 4.68 Å². The molecule has 0 saturated heterocycles. The third kappa shape index (κ3) is 2.97. The van der Waals surface area contributed by atoms with Crippen LogP contribution in [-0.4, -0.2) is 15.1 Å². The predicted octanol–water partition coefficient (Wildman–Crippen LogP) is 1.76. The van der Waals surface area contributed by atoms with Crippen molar-refractivity contribution in [2.45, 2.75) is 40.2 Å². The lowest BCUT2D eigenvalue weighted by atomic mass is 10.1. The molecule has 0 aliphatic heterocycles. The Hall–Kier alpha value is -2.35. The van der Waals surface area contributed by atoms with Gasteiger partial charge in [-0.15, -0.1) is 0 Å². The van der Waals surface area contributed by atoms with Crippen LogP contribution in [0.15, 0.2) is 18.5 Å². The molecule has 2 aromatic rings. The van der Waals surface area contributed by atoms with Crippen LogP contribution in [0, 0.1) is 32.1 Å². The van der Waals surface area contributed by atoms with Gasteiger partial charge >= 0.3 is 0 Å². The maximum Gasteiger partial charge on any atom is 0.196 e. The SMILES string of the molecule is Cc1cc[n+](CC(C)c2ncc(C#N)nc2C)nc1C. The Bertz CT molecular complexity index is 672. The molecule has 0 aromatic carbocycles. The zero-order chi connectivity index (χ0) is 14.7. The van der Waals surface area contributed by atoms with E-state index in [1.165, 1.54) is 11.8 Å². The Labute approximate surface area is 118 Å². The van der Waals surface area contributed by atoms with Crippen molar-refractivity contribution in [3.8, 4) is 6.07 Å². The minimum absolute atomic E-state index is 0.190. The molecule has 0 aliphatic carbocycles. The molecule has 1 atom stereocenters. The highest BCUT2D eigenvalue weighted by Gasteiger charge is 2.18. The van der Waals surface area contributed by atoms with Gasteiger partial charge in [-0.25, -0.2) is 4.98 Å². The summed E-state index contributed by atoms with van der Waals surface area (Å²) in [6.45, 7) is 8.77. The van der Waals surface area contributed by atoms with Gasteiger partial charge in [-0.3, -0.25) is 4.98 Å². The van der Waals surface area contributed by atoms with E-state index in [0.29, 0.717) is 5.69 Å². The Balaban J connectivity index is 2.21. The quantitative estimate of drug-likeness (QED) is 0.796. The summed E-state index contributed by atoms with van der Waals surface area (Å²) in [6, 6.07) is 4.07. The van der Waals surface area contributed by atoms with Crippen LogP contribution in [0.25, 0.3) is 0 Å². The van der Waals surface area contributed by atoms with E-state index < -0.39 is 0 Å². The minimum Gasteiger partial charge on any atom is -0.256 e. The molecule has 20 heavy (non-hydrogen) atoms. The second kappa shape index (κ2) is 5.74. The van der Waals surface area contributed by atoms with E-state index in [0.717, 1.165) is 23.6 Å². The second-order valence-corrected chi connectivity index (χ2v) is 5.04. The Kier molecular flexibility index (Phi) is 4.04. The van der Waals surface area contributed by atoms with Gasteiger partial charge in [0.25, 0.3) is 0 Å². The second-order valence-electron chi connectivity index (χ2n) is 5.04. The third-order valence-corrected chi connectivity index (χ3v) is 3.37. The Morgan fingerprint density at radius 3 is 2.65 bits per heavy atom. The molecule has 0 fully saturated rings. The number of hydrogen-bond acceptors (Lipinski definition) is 4. The summed E-state index contributed by atoms with van der Waals surface area (Å²) in [5.74, 6) is 0.190. The lowest BCUT2D eigenvalue weighted by Gasteiger charge is -2.09. The number of rotatable bonds is 3. The van der Waals surface area contributed by atoms with Crippen LogP contribution in [-0.2, 0) is 6.54 Å². The first kappa shape index (κ1) is 14.1. The van der Waals surface area contributed by atoms with Crippen molar-refractivity contribution in [1.82, 2.24) is 15.1 Å². The highest BCUT2D eigenvalue weighted by atomic mass is 15.3. The van der Waals surface area contributed by atoms with E-state index in [-0.39, 0.29) is 5.92 Å². The number of nitriles is 1. The lowest BCUT2D eigenvalue weighted by molar-refractivity contribution is -0.756. The molecule has 102 valence electrons. The summed E-state index contributed by atoms with van der Waals surface area (Å²) in [6.07, 6.45) is 3.50. The first-order valence-corrected chi connectivity index (χ1v) is 6.59. The highest BCUT2D eigenvalue weighted by molar-refractivity contribution is 5.22. The molecule has 0 aliphatic rings. The number of nitrogens with zero attached hydrogens (tertiary/aromatic N) is 5. The summed E-state index contributed by atoms with van der Waals surface area (Å²) < 4.78 is 1.92. The molecule has 0 N–H and O–H groups in total. The minimum atomic E-state index is 0.190. The van der Waals surface area contributed by atoms with Gasteiger partial charge in [0.2, 0.25) is 0 Å². The molecule has 2 heterocycles. The molecule has 2 rings (SSSR count). The van der Waals surface area contributed by atoms with Crippen molar-refractivity contribution in [2.75, 3.05) is 0 Å². The van der Waals surface area contributed by atoms with Crippen LogP contribution in [0.4, 0.5) is 0 Å². The Morgan fingerprint density at radius 2 is 2.05 bits per heavy atom. The van der Waals surface area contributed by atoms with E-state index in [9.17, 15) is 0 Å². The molecule has 0 amide bonds. The zero-order valence-corrected chi connectivity index (χ0v) is 12.3. The molecule has 0 bridgehead atoms. The van der Waals surface area contributed by atoms with Gasteiger partial charge in [0.15, 0.2) is 18.4 Å². The molecule has 1 unspecified atom stereocenters. The zero-order valence-electron chi connectivity index (χ0n) is 12.3. The summed E-state index contributed by atoms with van der Waals surface area (Å²) in [5.41, 5.74) is 4.29. The smallest absolute Gasteiger partial charge is 0.196 e. The van der Waals surface area contributed by atoms with Crippen LogP contribution in [0.3, 0.4) is 0 Å². The highest BCUT2D eigenvalue weighted by Crippen LogP contribution is 2.15. The van der Waals surface area contributed by atoms with Crippen LogP contribution in [0.5, 0.6) is 0 Å². The van der Waals surface area contributed by atoms with E-state index in [1.54, 1.807) is 0 Å². The van der Waals surface area contributed by atoms with Crippen molar-refractivity contribution in [2.24, 2.45) is 0 Å². The largest absolute Gasteiger partial charge is 0.256 e.